The van der Waals surface area contributed by atoms with Crippen LogP contribution in [0.3, 0.4) is 0 Å². The van der Waals surface area contributed by atoms with Crippen LogP contribution in [0.1, 0.15) is 33.2 Å². The molecular formula is C24H19ClO4. The van der Waals surface area contributed by atoms with E-state index in [-0.39, 0.29) is 11.3 Å². The Labute approximate surface area is 174 Å². The second-order valence-corrected chi connectivity index (χ2v) is 6.47. The molecule has 0 aliphatic rings. The Hall–Kier alpha value is -3.37. The maximum atomic E-state index is 12.4. The zero-order chi connectivity index (χ0) is 20.6. The molecule has 0 amide bonds. The Morgan fingerprint density at radius 1 is 0.931 bits per heavy atom. The van der Waals surface area contributed by atoms with E-state index < -0.39 is 5.97 Å². The van der Waals surface area contributed by atoms with Crippen molar-refractivity contribution in [3.8, 4) is 11.5 Å². The molecule has 0 fully saturated rings. The smallest absolute Gasteiger partial charge is 0.345 e. The van der Waals surface area contributed by atoms with Crippen molar-refractivity contribution in [2.24, 2.45) is 0 Å². The van der Waals surface area contributed by atoms with Crippen molar-refractivity contribution in [1.82, 2.24) is 0 Å². The van der Waals surface area contributed by atoms with Gasteiger partial charge in [0.1, 0.15) is 11.5 Å². The zero-order valence-electron chi connectivity index (χ0n) is 15.8. The summed E-state index contributed by atoms with van der Waals surface area (Å²) in [7, 11) is 0. The summed E-state index contributed by atoms with van der Waals surface area (Å²) < 4.78 is 10.9. The van der Waals surface area contributed by atoms with Crippen LogP contribution in [-0.2, 0) is 0 Å². The van der Waals surface area contributed by atoms with E-state index in [9.17, 15) is 9.59 Å². The summed E-state index contributed by atoms with van der Waals surface area (Å²) in [4.78, 5) is 24.6. The SMILES string of the molecule is CCOc1ccccc1C=CC(=O)c1ccc(OC(=O)c2ccccc2Cl)cc1. The number of hydrogen-bond acceptors (Lipinski definition) is 4. The van der Waals surface area contributed by atoms with Crippen molar-refractivity contribution in [2.75, 3.05) is 6.61 Å². The molecule has 4 nitrogen and oxygen atoms in total. The average molecular weight is 407 g/mol. The minimum atomic E-state index is -0.554. The van der Waals surface area contributed by atoms with Crippen molar-refractivity contribution >= 4 is 29.4 Å². The van der Waals surface area contributed by atoms with Crippen molar-refractivity contribution < 1.29 is 19.1 Å². The summed E-state index contributed by atoms with van der Waals surface area (Å²) >= 11 is 6.01. The molecule has 3 aromatic carbocycles. The third-order valence-electron chi connectivity index (χ3n) is 4.08. The lowest BCUT2D eigenvalue weighted by molar-refractivity contribution is 0.0735. The molecule has 0 unspecified atom stereocenters. The fourth-order valence-electron chi connectivity index (χ4n) is 2.64. The van der Waals surface area contributed by atoms with Crippen molar-refractivity contribution in [3.63, 3.8) is 0 Å². The zero-order valence-corrected chi connectivity index (χ0v) is 16.6. The van der Waals surface area contributed by atoms with E-state index in [2.05, 4.69) is 0 Å². The van der Waals surface area contributed by atoms with Crippen LogP contribution >= 0.6 is 11.6 Å². The maximum absolute atomic E-state index is 12.4. The van der Waals surface area contributed by atoms with Gasteiger partial charge in [-0.25, -0.2) is 4.79 Å². The summed E-state index contributed by atoms with van der Waals surface area (Å²) in [6, 6.07) is 20.5. The van der Waals surface area contributed by atoms with Gasteiger partial charge in [-0.1, -0.05) is 41.9 Å². The number of para-hydroxylation sites is 1. The van der Waals surface area contributed by atoms with Crippen molar-refractivity contribution in [2.45, 2.75) is 6.92 Å². The number of allylic oxidation sites excluding steroid dienone is 1. The van der Waals surface area contributed by atoms with Gasteiger partial charge in [0, 0.05) is 11.1 Å². The summed E-state index contributed by atoms with van der Waals surface area (Å²) in [5.41, 5.74) is 1.59. The quantitative estimate of drug-likeness (QED) is 0.213. The standard InChI is InChI=1S/C24H19ClO4/c1-2-28-23-10-6-3-7-18(23)13-16-22(26)17-11-14-19(15-12-17)29-24(27)20-8-4-5-9-21(20)25/h3-16H,2H2,1H3. The van der Waals surface area contributed by atoms with E-state index in [0.717, 1.165) is 11.3 Å². The molecular weight excluding hydrogens is 388 g/mol. The summed E-state index contributed by atoms with van der Waals surface area (Å²) in [5, 5.41) is 0.321. The third kappa shape index (κ3) is 5.33. The lowest BCUT2D eigenvalue weighted by Crippen LogP contribution is -2.09. The molecule has 5 heteroatoms. The number of esters is 1. The highest BCUT2D eigenvalue weighted by Crippen LogP contribution is 2.21. The first kappa shape index (κ1) is 20.4. The van der Waals surface area contributed by atoms with E-state index in [4.69, 9.17) is 21.1 Å². The van der Waals surface area contributed by atoms with Crippen LogP contribution in [0.5, 0.6) is 11.5 Å². The van der Waals surface area contributed by atoms with Crippen molar-refractivity contribution in [1.29, 1.82) is 0 Å². The second kappa shape index (κ2) is 9.71. The molecule has 0 aliphatic carbocycles. The monoisotopic (exact) mass is 406 g/mol. The minimum Gasteiger partial charge on any atom is -0.493 e. The predicted octanol–water partition coefficient (Wildman–Crippen LogP) is 5.85. The normalized spacial score (nSPS) is 10.7. The first-order valence-corrected chi connectivity index (χ1v) is 9.47. The number of rotatable bonds is 7. The van der Waals surface area contributed by atoms with E-state index in [1.165, 1.54) is 6.08 Å². The van der Waals surface area contributed by atoms with Crippen LogP contribution in [0.2, 0.25) is 5.02 Å². The van der Waals surface area contributed by atoms with Gasteiger partial charge in [0.25, 0.3) is 0 Å². The van der Waals surface area contributed by atoms with E-state index in [1.54, 1.807) is 54.6 Å². The number of carbonyl (C=O) groups is 2. The molecule has 146 valence electrons. The molecule has 0 atom stereocenters. The van der Waals surface area contributed by atoms with Gasteiger partial charge in [0.2, 0.25) is 0 Å². The van der Waals surface area contributed by atoms with Gasteiger partial charge in [-0.2, -0.15) is 0 Å². The molecule has 0 saturated heterocycles. The molecule has 0 bridgehead atoms. The molecule has 0 aliphatic heterocycles. The van der Waals surface area contributed by atoms with Gasteiger partial charge in [-0.15, -0.1) is 0 Å². The molecule has 0 saturated carbocycles. The Balaban J connectivity index is 1.68. The molecule has 3 rings (SSSR count). The van der Waals surface area contributed by atoms with Gasteiger partial charge in [-0.3, -0.25) is 4.79 Å². The van der Waals surface area contributed by atoms with Crippen molar-refractivity contribution in [3.05, 3.63) is 101 Å². The Morgan fingerprint density at radius 2 is 1.62 bits per heavy atom. The average Bonchev–Trinajstić information content (AvgIpc) is 2.74. The van der Waals surface area contributed by atoms with Crippen LogP contribution < -0.4 is 9.47 Å². The van der Waals surface area contributed by atoms with Crippen LogP contribution in [0.15, 0.2) is 78.9 Å². The summed E-state index contributed by atoms with van der Waals surface area (Å²) in [6.45, 7) is 2.46. The highest BCUT2D eigenvalue weighted by molar-refractivity contribution is 6.33. The number of ether oxygens (including phenoxy) is 2. The van der Waals surface area contributed by atoms with Gasteiger partial charge in [0.05, 0.1) is 17.2 Å². The fraction of sp³-hybridized carbons (Fsp3) is 0.0833. The summed E-state index contributed by atoms with van der Waals surface area (Å²) in [5.74, 6) is 0.334. The minimum absolute atomic E-state index is 0.166. The molecule has 3 aromatic rings. The Bertz CT molecular complexity index is 1040. The van der Waals surface area contributed by atoms with Gasteiger partial charge in [-0.05, 0) is 61.5 Å². The number of halogens is 1. The maximum Gasteiger partial charge on any atom is 0.345 e. The fourth-order valence-corrected chi connectivity index (χ4v) is 2.86. The van der Waals surface area contributed by atoms with E-state index in [0.29, 0.717) is 22.9 Å². The third-order valence-corrected chi connectivity index (χ3v) is 4.41. The van der Waals surface area contributed by atoms with Crippen LogP contribution in [0.25, 0.3) is 6.08 Å². The highest BCUT2D eigenvalue weighted by Gasteiger charge is 2.12. The predicted molar refractivity (Wildman–Crippen MR) is 114 cm³/mol. The first-order valence-electron chi connectivity index (χ1n) is 9.09. The molecule has 0 heterocycles. The number of carbonyl (C=O) groups excluding carboxylic acids is 2. The Kier molecular flexibility index (Phi) is 6.82. The lowest BCUT2D eigenvalue weighted by Gasteiger charge is -2.07. The van der Waals surface area contributed by atoms with Gasteiger partial charge < -0.3 is 9.47 Å². The number of hydrogen-bond donors (Lipinski definition) is 0. The summed E-state index contributed by atoms with van der Waals surface area (Å²) in [6.07, 6.45) is 3.21. The largest absolute Gasteiger partial charge is 0.493 e. The first-order chi connectivity index (χ1) is 14.1. The number of ketones is 1. The van der Waals surface area contributed by atoms with Gasteiger partial charge in [0.15, 0.2) is 5.78 Å². The Morgan fingerprint density at radius 3 is 2.34 bits per heavy atom. The van der Waals surface area contributed by atoms with Crippen LogP contribution in [-0.4, -0.2) is 18.4 Å². The van der Waals surface area contributed by atoms with E-state index in [1.807, 2.05) is 31.2 Å². The van der Waals surface area contributed by atoms with Crippen LogP contribution in [0, 0.1) is 0 Å². The topological polar surface area (TPSA) is 52.6 Å². The molecule has 0 N–H and O–H groups in total. The molecule has 0 aromatic heterocycles. The molecule has 0 radical (unpaired) electrons. The number of benzene rings is 3. The highest BCUT2D eigenvalue weighted by atomic mass is 35.5. The van der Waals surface area contributed by atoms with E-state index >= 15 is 0 Å². The molecule has 29 heavy (non-hydrogen) atoms. The molecule has 0 spiro atoms. The van der Waals surface area contributed by atoms with Gasteiger partial charge >= 0.3 is 5.97 Å². The van der Waals surface area contributed by atoms with Crippen LogP contribution in [0.4, 0.5) is 0 Å². The lowest BCUT2D eigenvalue weighted by atomic mass is 10.1. The second-order valence-electron chi connectivity index (χ2n) is 6.06.